The smallest absolute Gasteiger partial charge is 0.261 e. The fraction of sp³-hybridized carbons (Fsp3) is 0.640. The fourth-order valence-corrected chi connectivity index (χ4v) is 7.48. The number of hydrogen-bond donors (Lipinski definition) is 2. The summed E-state index contributed by atoms with van der Waals surface area (Å²) in [7, 11) is 0. The summed E-state index contributed by atoms with van der Waals surface area (Å²) in [5, 5.41) is 7.73. The lowest BCUT2D eigenvalue weighted by molar-refractivity contribution is 0.0378. The fourth-order valence-electron chi connectivity index (χ4n) is 6.42. The molecule has 176 valence electrons. The molecule has 4 aliphatic rings. The zero-order valence-corrected chi connectivity index (χ0v) is 20.1. The third-order valence-electron chi connectivity index (χ3n) is 8.35. The summed E-state index contributed by atoms with van der Waals surface area (Å²) in [5.41, 5.74) is 1.55. The van der Waals surface area contributed by atoms with E-state index in [1.807, 2.05) is 6.92 Å². The summed E-state index contributed by atoms with van der Waals surface area (Å²) in [6.45, 7) is 8.39. The first kappa shape index (κ1) is 21.5. The van der Waals surface area contributed by atoms with Crippen molar-refractivity contribution in [3.05, 3.63) is 28.9 Å². The van der Waals surface area contributed by atoms with Gasteiger partial charge in [-0.2, -0.15) is 0 Å². The molecule has 8 heteroatoms. The maximum absolute atomic E-state index is 13.1. The van der Waals surface area contributed by atoms with Crippen LogP contribution >= 0.6 is 11.3 Å². The lowest BCUT2D eigenvalue weighted by atomic mass is 9.89. The van der Waals surface area contributed by atoms with E-state index in [4.69, 9.17) is 4.74 Å². The Labute approximate surface area is 199 Å². The lowest BCUT2D eigenvalue weighted by Crippen LogP contribution is -2.37. The molecule has 1 saturated heterocycles. The van der Waals surface area contributed by atoms with E-state index in [0.717, 1.165) is 84.8 Å². The standard InChI is InChI=1S/C25H33N5O2S/c1-16-20-22(26-7-2-8-30-9-11-32-12-10-30)28-15-29-24(20)33-21(16)23(31)27-14-17-13-18-3-4-19(17)25(18)5-6-25/h3-4,15,17-19H,2,5-14H2,1H3,(H,27,31)(H,26,28,29)/t17-,18+,19+/m0/s1. The van der Waals surface area contributed by atoms with E-state index >= 15 is 0 Å². The van der Waals surface area contributed by atoms with Gasteiger partial charge in [0.05, 0.1) is 23.5 Å². The number of carbonyl (C=O) groups excluding carboxylic acids is 1. The monoisotopic (exact) mass is 467 g/mol. The quantitative estimate of drug-likeness (QED) is 0.457. The minimum absolute atomic E-state index is 0.0327. The number of rotatable bonds is 8. The van der Waals surface area contributed by atoms with Gasteiger partial charge in [0, 0.05) is 26.2 Å². The van der Waals surface area contributed by atoms with Crippen molar-refractivity contribution in [2.45, 2.75) is 32.6 Å². The third kappa shape index (κ3) is 3.86. The Morgan fingerprint density at radius 2 is 2.12 bits per heavy atom. The second kappa shape index (κ2) is 8.64. The number of aromatic nitrogens is 2. The van der Waals surface area contributed by atoms with Gasteiger partial charge in [-0.25, -0.2) is 9.97 Å². The molecule has 2 aromatic heterocycles. The Kier molecular flexibility index (Phi) is 5.63. The summed E-state index contributed by atoms with van der Waals surface area (Å²) in [5.74, 6) is 2.88. The van der Waals surface area contributed by atoms with Crippen molar-refractivity contribution >= 4 is 33.3 Å². The van der Waals surface area contributed by atoms with E-state index in [-0.39, 0.29) is 5.91 Å². The zero-order chi connectivity index (χ0) is 22.4. The average molecular weight is 468 g/mol. The van der Waals surface area contributed by atoms with Gasteiger partial charge < -0.3 is 15.4 Å². The van der Waals surface area contributed by atoms with Crippen LogP contribution in [0.4, 0.5) is 5.82 Å². The molecule has 1 aliphatic heterocycles. The summed E-state index contributed by atoms with van der Waals surface area (Å²) < 4.78 is 5.42. The van der Waals surface area contributed by atoms with Gasteiger partial charge in [-0.05, 0) is 67.9 Å². The van der Waals surface area contributed by atoms with E-state index in [0.29, 0.717) is 17.3 Å². The van der Waals surface area contributed by atoms with E-state index in [2.05, 4.69) is 37.7 Å². The van der Waals surface area contributed by atoms with Gasteiger partial charge in [0.15, 0.2) is 0 Å². The number of aryl methyl sites for hydroxylation is 1. The number of anilines is 1. The summed E-state index contributed by atoms with van der Waals surface area (Å²) in [4.78, 5) is 26.2. The van der Waals surface area contributed by atoms with Gasteiger partial charge in [0.2, 0.25) is 0 Å². The first-order valence-corrected chi connectivity index (χ1v) is 13.2. The minimum atomic E-state index is 0.0327. The number of thiophene rings is 1. The first-order valence-electron chi connectivity index (χ1n) is 12.4. The molecule has 1 amide bonds. The molecule has 1 spiro atoms. The van der Waals surface area contributed by atoms with Crippen molar-refractivity contribution in [2.24, 2.45) is 23.2 Å². The average Bonchev–Trinajstić information content (AvgIpc) is 3.39. The Balaban J connectivity index is 1.08. The Hall–Kier alpha value is -2.03. The van der Waals surface area contributed by atoms with Crippen LogP contribution in [-0.2, 0) is 4.74 Å². The molecule has 2 aromatic rings. The molecule has 33 heavy (non-hydrogen) atoms. The van der Waals surface area contributed by atoms with Crippen LogP contribution < -0.4 is 10.6 Å². The second-order valence-electron chi connectivity index (χ2n) is 10.1. The summed E-state index contributed by atoms with van der Waals surface area (Å²) >= 11 is 1.48. The second-order valence-corrected chi connectivity index (χ2v) is 11.1. The largest absolute Gasteiger partial charge is 0.379 e. The maximum Gasteiger partial charge on any atom is 0.261 e. The van der Waals surface area contributed by atoms with E-state index in [9.17, 15) is 4.79 Å². The van der Waals surface area contributed by atoms with Crippen LogP contribution in [0, 0.1) is 30.1 Å². The van der Waals surface area contributed by atoms with Crippen LogP contribution in [0.2, 0.25) is 0 Å². The third-order valence-corrected chi connectivity index (χ3v) is 9.55. The normalized spacial score (nSPS) is 27.5. The Morgan fingerprint density at radius 3 is 2.91 bits per heavy atom. The van der Waals surface area contributed by atoms with Gasteiger partial charge in [-0.1, -0.05) is 12.2 Å². The molecule has 3 heterocycles. The number of nitrogens with zero attached hydrogens (tertiary/aromatic N) is 3. The number of nitrogens with one attached hydrogen (secondary N) is 2. The van der Waals surface area contributed by atoms with Crippen molar-refractivity contribution in [1.82, 2.24) is 20.2 Å². The summed E-state index contributed by atoms with van der Waals surface area (Å²) in [6, 6.07) is 0. The molecule has 3 aliphatic carbocycles. The predicted octanol–water partition coefficient (Wildman–Crippen LogP) is 3.47. The summed E-state index contributed by atoms with van der Waals surface area (Å²) in [6.07, 6.45) is 11.5. The SMILES string of the molecule is Cc1c(C(=O)NC[C@@H]2C[C@H]3C=C[C@H]2C32CC2)sc2ncnc(NCCCN3CCOCC3)c12. The molecule has 2 saturated carbocycles. The van der Waals surface area contributed by atoms with E-state index < -0.39 is 0 Å². The molecule has 2 bridgehead atoms. The number of carbonyl (C=O) groups is 1. The van der Waals surface area contributed by atoms with E-state index in [1.165, 1.54) is 30.6 Å². The van der Waals surface area contributed by atoms with Gasteiger partial charge in [-0.3, -0.25) is 9.69 Å². The Morgan fingerprint density at radius 1 is 1.27 bits per heavy atom. The van der Waals surface area contributed by atoms with Crippen LogP contribution in [0.1, 0.15) is 40.9 Å². The first-order chi connectivity index (χ1) is 16.2. The Bertz CT molecular complexity index is 1070. The molecule has 3 atom stereocenters. The van der Waals surface area contributed by atoms with Gasteiger partial charge in [0.1, 0.15) is 17.0 Å². The molecule has 0 unspecified atom stereocenters. The van der Waals surface area contributed by atoms with Crippen molar-refractivity contribution in [3.8, 4) is 0 Å². The predicted molar refractivity (Wildman–Crippen MR) is 131 cm³/mol. The topological polar surface area (TPSA) is 79.4 Å². The molecule has 0 aromatic carbocycles. The number of fused-ring (bicyclic) bond motifs is 1. The van der Waals surface area contributed by atoms with Gasteiger partial charge in [-0.15, -0.1) is 11.3 Å². The van der Waals surface area contributed by atoms with Crippen LogP contribution in [0.3, 0.4) is 0 Å². The van der Waals surface area contributed by atoms with Crippen molar-refractivity contribution in [2.75, 3.05) is 51.3 Å². The highest BCUT2D eigenvalue weighted by atomic mass is 32.1. The van der Waals surface area contributed by atoms with Crippen molar-refractivity contribution < 1.29 is 9.53 Å². The number of ether oxygens (including phenoxy) is 1. The maximum atomic E-state index is 13.1. The highest BCUT2D eigenvalue weighted by molar-refractivity contribution is 7.20. The minimum Gasteiger partial charge on any atom is -0.379 e. The number of morpholine rings is 1. The molecule has 2 N–H and O–H groups in total. The van der Waals surface area contributed by atoms with Crippen LogP contribution in [-0.4, -0.2) is 66.7 Å². The van der Waals surface area contributed by atoms with Crippen molar-refractivity contribution in [3.63, 3.8) is 0 Å². The van der Waals surface area contributed by atoms with E-state index in [1.54, 1.807) is 6.33 Å². The molecule has 3 fully saturated rings. The molecule has 6 rings (SSSR count). The highest BCUT2D eigenvalue weighted by Gasteiger charge is 2.62. The van der Waals surface area contributed by atoms with Crippen LogP contribution in [0.5, 0.6) is 0 Å². The van der Waals surface area contributed by atoms with Gasteiger partial charge >= 0.3 is 0 Å². The zero-order valence-electron chi connectivity index (χ0n) is 19.3. The van der Waals surface area contributed by atoms with Crippen LogP contribution in [0.25, 0.3) is 10.2 Å². The molecule has 7 nitrogen and oxygen atoms in total. The molecular weight excluding hydrogens is 434 g/mol. The number of hydrogen-bond acceptors (Lipinski definition) is 7. The number of allylic oxidation sites excluding steroid dienone is 2. The highest BCUT2D eigenvalue weighted by Crippen LogP contribution is 2.69. The number of amides is 1. The molecule has 0 radical (unpaired) electrons. The van der Waals surface area contributed by atoms with Crippen molar-refractivity contribution in [1.29, 1.82) is 0 Å². The molecular formula is C25H33N5O2S. The van der Waals surface area contributed by atoms with Gasteiger partial charge in [0.25, 0.3) is 5.91 Å². The lowest BCUT2D eigenvalue weighted by Gasteiger charge is -2.26. The van der Waals surface area contributed by atoms with Crippen LogP contribution in [0.15, 0.2) is 18.5 Å².